The Bertz CT molecular complexity index is 687. The number of ether oxygens (including phenoxy) is 1. The number of likely N-dealkylation sites (N-methyl/N-ethyl adjacent to an activating group) is 1. The first-order chi connectivity index (χ1) is 11.5. The maximum atomic E-state index is 14.1. The summed E-state index contributed by atoms with van der Waals surface area (Å²) in [5, 5.41) is 8.43. The van der Waals surface area contributed by atoms with E-state index >= 15 is 0 Å². The monoisotopic (exact) mass is 336 g/mol. The molecule has 0 aromatic heterocycles. The molecule has 1 aliphatic rings. The lowest BCUT2D eigenvalue weighted by Crippen LogP contribution is -2.38. The van der Waals surface area contributed by atoms with Gasteiger partial charge in [-0.3, -0.25) is 4.79 Å². The molecular formula is C16H18F2N4O2. The maximum Gasteiger partial charge on any atom is 0.299 e. The van der Waals surface area contributed by atoms with E-state index in [1.165, 1.54) is 23.3 Å². The van der Waals surface area contributed by atoms with E-state index in [4.69, 9.17) is 11.0 Å². The number of carbonyl (C=O) groups is 1. The molecule has 0 radical (unpaired) electrons. The highest BCUT2D eigenvalue weighted by molar-refractivity contribution is 5.85. The third-order valence-electron chi connectivity index (χ3n) is 4.06. The smallest absolute Gasteiger partial charge is 0.299 e. The number of likely N-dealkylation sites (tertiary alicyclic amines) is 1. The molecule has 1 aromatic carbocycles. The number of hydrogen-bond donors (Lipinski definition) is 1. The molecule has 6 nitrogen and oxygen atoms in total. The van der Waals surface area contributed by atoms with Crippen LogP contribution in [0.25, 0.3) is 0 Å². The molecule has 0 aliphatic carbocycles. The maximum absolute atomic E-state index is 14.1. The SMILES string of the molecule is CCN1C[C@H](c2cccc(F)c2F)CC[C@@H](N=C(N)OC#N)C1=O. The van der Waals surface area contributed by atoms with Crippen molar-refractivity contribution in [3.05, 3.63) is 35.4 Å². The van der Waals surface area contributed by atoms with Crippen molar-refractivity contribution < 1.29 is 18.3 Å². The second-order valence-electron chi connectivity index (χ2n) is 5.47. The molecule has 1 saturated heterocycles. The van der Waals surface area contributed by atoms with Crippen molar-refractivity contribution in [2.75, 3.05) is 13.1 Å². The average molecular weight is 336 g/mol. The van der Waals surface area contributed by atoms with Crippen molar-refractivity contribution >= 4 is 11.9 Å². The Kier molecular flexibility index (Phi) is 5.68. The van der Waals surface area contributed by atoms with Gasteiger partial charge in [-0.05, 0) is 31.4 Å². The van der Waals surface area contributed by atoms with Crippen molar-refractivity contribution in [2.45, 2.75) is 31.7 Å². The van der Waals surface area contributed by atoms with E-state index in [1.54, 1.807) is 6.92 Å². The highest BCUT2D eigenvalue weighted by Gasteiger charge is 2.32. The van der Waals surface area contributed by atoms with Gasteiger partial charge in [0.1, 0.15) is 6.04 Å². The topological polar surface area (TPSA) is 91.7 Å². The minimum atomic E-state index is -0.910. The van der Waals surface area contributed by atoms with Gasteiger partial charge < -0.3 is 15.4 Å². The van der Waals surface area contributed by atoms with Gasteiger partial charge >= 0.3 is 0 Å². The van der Waals surface area contributed by atoms with E-state index in [0.29, 0.717) is 19.4 Å². The van der Waals surface area contributed by atoms with Crippen LogP contribution < -0.4 is 5.73 Å². The molecule has 1 amide bonds. The summed E-state index contributed by atoms with van der Waals surface area (Å²) in [7, 11) is 0. The van der Waals surface area contributed by atoms with Crippen molar-refractivity contribution in [3.8, 4) is 6.26 Å². The molecule has 1 aliphatic heterocycles. The Morgan fingerprint density at radius 2 is 2.25 bits per heavy atom. The number of rotatable bonds is 3. The van der Waals surface area contributed by atoms with Gasteiger partial charge in [0.05, 0.1) is 0 Å². The fourth-order valence-electron chi connectivity index (χ4n) is 2.86. The van der Waals surface area contributed by atoms with Gasteiger partial charge in [-0.1, -0.05) is 12.1 Å². The van der Waals surface area contributed by atoms with Crippen LogP contribution in [0.4, 0.5) is 8.78 Å². The molecule has 0 spiro atoms. The number of amidine groups is 1. The molecule has 0 bridgehead atoms. The average Bonchev–Trinajstić information content (AvgIpc) is 2.70. The summed E-state index contributed by atoms with van der Waals surface area (Å²) >= 11 is 0. The Labute approximate surface area is 138 Å². The second kappa shape index (κ2) is 7.73. The molecule has 0 saturated carbocycles. The number of nitrogens with two attached hydrogens (primary N) is 1. The summed E-state index contributed by atoms with van der Waals surface area (Å²) in [5.74, 6) is -2.42. The summed E-state index contributed by atoms with van der Waals surface area (Å²) in [4.78, 5) is 17.9. The van der Waals surface area contributed by atoms with Gasteiger partial charge in [0.25, 0.3) is 12.3 Å². The fourth-order valence-corrected chi connectivity index (χ4v) is 2.86. The summed E-state index contributed by atoms with van der Waals surface area (Å²) in [5.41, 5.74) is 5.67. The van der Waals surface area contributed by atoms with Crippen molar-refractivity contribution in [1.29, 1.82) is 5.26 Å². The molecule has 1 heterocycles. The fraction of sp³-hybridized carbons (Fsp3) is 0.438. The van der Waals surface area contributed by atoms with E-state index in [1.807, 2.05) is 0 Å². The molecule has 8 heteroatoms. The van der Waals surface area contributed by atoms with Crippen molar-refractivity contribution in [3.63, 3.8) is 0 Å². The summed E-state index contributed by atoms with van der Waals surface area (Å²) in [6.45, 7) is 2.45. The molecule has 24 heavy (non-hydrogen) atoms. The Morgan fingerprint density at radius 3 is 2.92 bits per heavy atom. The highest BCUT2D eigenvalue weighted by atomic mass is 19.2. The Balaban J connectivity index is 2.28. The number of nitriles is 1. The van der Waals surface area contributed by atoms with E-state index in [0.717, 1.165) is 6.07 Å². The van der Waals surface area contributed by atoms with Gasteiger partial charge in [0, 0.05) is 19.0 Å². The van der Waals surface area contributed by atoms with Gasteiger partial charge in [0.15, 0.2) is 11.6 Å². The Hall–Kier alpha value is -2.69. The molecule has 0 unspecified atom stereocenters. The molecule has 128 valence electrons. The van der Waals surface area contributed by atoms with Crippen LogP contribution in [-0.2, 0) is 9.53 Å². The third kappa shape index (κ3) is 3.79. The Morgan fingerprint density at radius 1 is 1.50 bits per heavy atom. The number of amides is 1. The number of aliphatic imine (C=N–C) groups is 1. The number of carbonyl (C=O) groups excluding carboxylic acids is 1. The number of halogens is 2. The first kappa shape index (κ1) is 17.7. The zero-order valence-electron chi connectivity index (χ0n) is 13.2. The largest absolute Gasteiger partial charge is 0.353 e. The van der Waals surface area contributed by atoms with Crippen LogP contribution >= 0.6 is 0 Å². The zero-order valence-corrected chi connectivity index (χ0v) is 13.2. The molecular weight excluding hydrogens is 318 g/mol. The summed E-state index contributed by atoms with van der Waals surface area (Å²) < 4.78 is 32.0. The van der Waals surface area contributed by atoms with Crippen LogP contribution in [0.1, 0.15) is 31.2 Å². The quantitative estimate of drug-likeness (QED) is 0.518. The van der Waals surface area contributed by atoms with E-state index in [-0.39, 0.29) is 30.0 Å². The third-order valence-corrected chi connectivity index (χ3v) is 4.06. The lowest BCUT2D eigenvalue weighted by atomic mass is 9.93. The minimum Gasteiger partial charge on any atom is -0.353 e. The lowest BCUT2D eigenvalue weighted by Gasteiger charge is -2.24. The normalized spacial score (nSPS) is 22.0. The van der Waals surface area contributed by atoms with Crippen LogP contribution in [0, 0.1) is 23.2 Å². The molecule has 1 aromatic rings. The predicted molar refractivity (Wildman–Crippen MR) is 82.7 cm³/mol. The second-order valence-corrected chi connectivity index (χ2v) is 5.47. The first-order valence-corrected chi connectivity index (χ1v) is 7.59. The molecule has 2 atom stereocenters. The molecule has 2 rings (SSSR count). The van der Waals surface area contributed by atoms with Gasteiger partial charge in [-0.2, -0.15) is 0 Å². The van der Waals surface area contributed by atoms with Crippen molar-refractivity contribution in [2.24, 2.45) is 10.7 Å². The highest BCUT2D eigenvalue weighted by Crippen LogP contribution is 2.30. The minimum absolute atomic E-state index is 0.243. The molecule has 1 fully saturated rings. The van der Waals surface area contributed by atoms with Crippen LogP contribution in [0.15, 0.2) is 23.2 Å². The van der Waals surface area contributed by atoms with E-state index in [9.17, 15) is 13.6 Å². The predicted octanol–water partition coefficient (Wildman–Crippen LogP) is 1.87. The van der Waals surface area contributed by atoms with E-state index in [2.05, 4.69) is 9.73 Å². The van der Waals surface area contributed by atoms with Crippen LogP contribution in [0.5, 0.6) is 0 Å². The standard InChI is InChI=1S/C16H18F2N4O2/c1-2-22-8-10(11-4-3-5-12(17)14(11)18)6-7-13(15(22)23)21-16(20)24-9-19/h3-5,10,13H,2,6-8H2,1H3,(H2,20,21)/t10-,13-/m1/s1. The van der Waals surface area contributed by atoms with Crippen LogP contribution in [0.3, 0.4) is 0 Å². The van der Waals surface area contributed by atoms with Crippen molar-refractivity contribution in [1.82, 2.24) is 4.90 Å². The van der Waals surface area contributed by atoms with Crippen LogP contribution in [0.2, 0.25) is 0 Å². The number of benzene rings is 1. The molecule has 2 N–H and O–H groups in total. The van der Waals surface area contributed by atoms with Gasteiger partial charge in [-0.15, -0.1) is 5.26 Å². The number of nitrogens with zero attached hydrogens (tertiary/aromatic N) is 3. The number of hydrogen-bond acceptors (Lipinski definition) is 4. The van der Waals surface area contributed by atoms with E-state index < -0.39 is 17.7 Å². The zero-order chi connectivity index (χ0) is 17.7. The van der Waals surface area contributed by atoms with Crippen LogP contribution in [-0.4, -0.2) is 36.0 Å². The summed E-state index contributed by atoms with van der Waals surface area (Å²) in [6.07, 6.45) is 2.11. The summed E-state index contributed by atoms with van der Waals surface area (Å²) in [6, 6.07) is 2.84. The first-order valence-electron chi connectivity index (χ1n) is 7.59. The lowest BCUT2D eigenvalue weighted by molar-refractivity contribution is -0.131. The van der Waals surface area contributed by atoms with Gasteiger partial charge in [0.2, 0.25) is 5.91 Å². The van der Waals surface area contributed by atoms with Gasteiger partial charge in [-0.25, -0.2) is 13.8 Å².